The highest BCUT2D eigenvalue weighted by atomic mass is 19.1. The lowest BCUT2D eigenvalue weighted by molar-refractivity contribution is 0.0583. The average Bonchev–Trinajstić information content (AvgIpc) is 2.87. The van der Waals surface area contributed by atoms with Crippen molar-refractivity contribution in [3.63, 3.8) is 0 Å². The van der Waals surface area contributed by atoms with Gasteiger partial charge in [-0.2, -0.15) is 0 Å². The zero-order chi connectivity index (χ0) is 14.8. The molecule has 1 heterocycles. The molecule has 1 aliphatic rings. The van der Waals surface area contributed by atoms with Crippen LogP contribution >= 0.6 is 0 Å². The lowest BCUT2D eigenvalue weighted by Gasteiger charge is -2.10. The van der Waals surface area contributed by atoms with Crippen LogP contribution in [0.4, 0.5) is 4.39 Å². The van der Waals surface area contributed by atoms with Gasteiger partial charge in [0.1, 0.15) is 12.4 Å². The third-order valence-corrected chi connectivity index (χ3v) is 3.26. The van der Waals surface area contributed by atoms with Gasteiger partial charge in [-0.1, -0.05) is 29.4 Å². The number of azide groups is 1. The van der Waals surface area contributed by atoms with Crippen molar-refractivity contribution in [2.45, 2.75) is 13.2 Å². The first-order chi connectivity index (χ1) is 10.2. The number of nitrogens with zero attached hydrogens (tertiary/aromatic N) is 3. The van der Waals surface area contributed by atoms with Gasteiger partial charge in [0.2, 0.25) is 6.29 Å². The number of halogens is 1. The third kappa shape index (κ3) is 2.49. The minimum Gasteiger partial charge on any atom is -0.451 e. The minimum atomic E-state index is -0.722. The van der Waals surface area contributed by atoms with Gasteiger partial charge >= 0.3 is 0 Å². The number of ether oxygens (including phenoxy) is 2. The topological polar surface area (TPSA) is 67.2 Å². The van der Waals surface area contributed by atoms with Crippen molar-refractivity contribution in [2.75, 3.05) is 6.54 Å². The number of benzene rings is 2. The van der Waals surface area contributed by atoms with Crippen molar-refractivity contribution >= 4 is 0 Å². The van der Waals surface area contributed by atoms with Crippen LogP contribution in [0.3, 0.4) is 0 Å². The lowest BCUT2D eigenvalue weighted by Crippen LogP contribution is -2.21. The van der Waals surface area contributed by atoms with E-state index in [1.165, 1.54) is 12.1 Å². The van der Waals surface area contributed by atoms with Crippen LogP contribution in [-0.4, -0.2) is 12.8 Å². The molecule has 2 aromatic carbocycles. The molecule has 0 saturated carbocycles. The van der Waals surface area contributed by atoms with E-state index in [9.17, 15) is 4.39 Å². The van der Waals surface area contributed by atoms with Gasteiger partial charge in [0, 0.05) is 16.5 Å². The molecular weight excluding hydrogens is 273 g/mol. The zero-order valence-electron chi connectivity index (χ0n) is 11.3. The van der Waals surface area contributed by atoms with Crippen molar-refractivity contribution in [3.8, 4) is 22.6 Å². The molecule has 1 atom stereocenters. The normalized spacial score (nSPS) is 15.6. The molecule has 21 heavy (non-hydrogen) atoms. The van der Waals surface area contributed by atoms with Crippen LogP contribution in [-0.2, 0) is 0 Å². The summed E-state index contributed by atoms with van der Waals surface area (Å²) >= 11 is 0. The summed E-state index contributed by atoms with van der Waals surface area (Å²) in [5.41, 5.74) is 10.9. The molecule has 0 radical (unpaired) electrons. The van der Waals surface area contributed by atoms with E-state index in [4.69, 9.17) is 15.0 Å². The van der Waals surface area contributed by atoms with Gasteiger partial charge < -0.3 is 9.47 Å². The number of rotatable bonds is 3. The van der Waals surface area contributed by atoms with Crippen LogP contribution in [0.1, 0.15) is 5.56 Å². The molecule has 1 unspecified atom stereocenters. The van der Waals surface area contributed by atoms with Crippen LogP contribution in [0.25, 0.3) is 21.6 Å². The SMILES string of the molecule is Cc1ccccc1-c1cc(F)cc2c1OC(CN=[N+]=[N-])O2. The highest BCUT2D eigenvalue weighted by molar-refractivity contribution is 5.76. The van der Waals surface area contributed by atoms with Crippen molar-refractivity contribution < 1.29 is 13.9 Å². The van der Waals surface area contributed by atoms with E-state index in [-0.39, 0.29) is 6.54 Å². The number of fused-ring (bicyclic) bond motifs is 1. The Kier molecular flexibility index (Phi) is 3.38. The highest BCUT2D eigenvalue weighted by Crippen LogP contribution is 2.44. The Morgan fingerprint density at radius 1 is 1.24 bits per heavy atom. The average molecular weight is 285 g/mol. The fourth-order valence-electron chi connectivity index (χ4n) is 2.33. The predicted molar refractivity (Wildman–Crippen MR) is 75.6 cm³/mol. The second-order valence-electron chi connectivity index (χ2n) is 4.67. The second-order valence-corrected chi connectivity index (χ2v) is 4.67. The van der Waals surface area contributed by atoms with E-state index in [0.29, 0.717) is 17.1 Å². The quantitative estimate of drug-likeness (QED) is 0.481. The van der Waals surface area contributed by atoms with Gasteiger partial charge in [0.05, 0.1) is 0 Å². The monoisotopic (exact) mass is 285 g/mol. The summed E-state index contributed by atoms with van der Waals surface area (Å²) in [6.07, 6.45) is -0.722. The Labute approximate surface area is 120 Å². The van der Waals surface area contributed by atoms with Crippen LogP contribution in [0, 0.1) is 12.7 Å². The summed E-state index contributed by atoms with van der Waals surface area (Å²) in [6.45, 7) is 1.97. The van der Waals surface area contributed by atoms with Crippen molar-refractivity contribution in [3.05, 3.63) is 58.2 Å². The van der Waals surface area contributed by atoms with Gasteiger partial charge in [-0.25, -0.2) is 4.39 Å². The van der Waals surface area contributed by atoms with Crippen LogP contribution in [0.2, 0.25) is 0 Å². The van der Waals surface area contributed by atoms with Gasteiger partial charge in [-0.15, -0.1) is 0 Å². The van der Waals surface area contributed by atoms with E-state index in [2.05, 4.69) is 10.0 Å². The van der Waals surface area contributed by atoms with Gasteiger partial charge in [0.15, 0.2) is 11.5 Å². The van der Waals surface area contributed by atoms with Gasteiger partial charge in [-0.05, 0) is 29.6 Å². The Morgan fingerprint density at radius 3 is 2.81 bits per heavy atom. The summed E-state index contributed by atoms with van der Waals surface area (Å²) in [7, 11) is 0. The summed E-state index contributed by atoms with van der Waals surface area (Å²) in [5.74, 6) is 0.398. The van der Waals surface area contributed by atoms with E-state index < -0.39 is 12.1 Å². The number of hydrogen-bond donors (Lipinski definition) is 0. The molecule has 1 aliphatic heterocycles. The van der Waals surface area contributed by atoms with E-state index in [0.717, 1.165) is 11.1 Å². The van der Waals surface area contributed by atoms with E-state index in [1.807, 2.05) is 31.2 Å². The molecule has 2 aromatic rings. The molecule has 0 N–H and O–H groups in total. The number of aryl methyl sites for hydroxylation is 1. The molecule has 6 heteroatoms. The molecule has 0 aromatic heterocycles. The molecule has 5 nitrogen and oxygen atoms in total. The Bertz CT molecular complexity index is 742. The van der Waals surface area contributed by atoms with Crippen LogP contribution in [0.5, 0.6) is 11.5 Å². The van der Waals surface area contributed by atoms with Crippen molar-refractivity contribution in [1.29, 1.82) is 0 Å². The standard InChI is InChI=1S/C15H12FN3O2/c1-9-4-2-3-5-11(9)12-6-10(16)7-13-15(12)21-14(20-13)8-18-19-17/h2-7,14H,8H2,1H3. The first kappa shape index (κ1) is 13.3. The summed E-state index contributed by atoms with van der Waals surface area (Å²) in [5, 5.41) is 3.42. The third-order valence-electron chi connectivity index (χ3n) is 3.26. The summed E-state index contributed by atoms with van der Waals surface area (Å²) in [6, 6.07) is 10.3. The largest absolute Gasteiger partial charge is 0.451 e. The molecule has 0 bridgehead atoms. The molecular formula is C15H12FN3O2. The molecule has 106 valence electrons. The Morgan fingerprint density at radius 2 is 2.05 bits per heavy atom. The van der Waals surface area contributed by atoms with Crippen molar-refractivity contribution in [2.24, 2.45) is 5.11 Å². The first-order valence-corrected chi connectivity index (χ1v) is 6.43. The molecule has 0 amide bonds. The summed E-state index contributed by atoms with van der Waals surface area (Å²) in [4.78, 5) is 2.67. The fourth-order valence-corrected chi connectivity index (χ4v) is 2.33. The van der Waals surface area contributed by atoms with Crippen molar-refractivity contribution in [1.82, 2.24) is 0 Å². The molecule has 0 aliphatic carbocycles. The van der Waals surface area contributed by atoms with Crippen LogP contribution in [0.15, 0.2) is 41.5 Å². The molecule has 0 spiro atoms. The fraction of sp³-hybridized carbons (Fsp3) is 0.200. The molecule has 3 rings (SSSR count). The summed E-state index contributed by atoms with van der Waals surface area (Å²) < 4.78 is 24.9. The smallest absolute Gasteiger partial charge is 0.247 e. The van der Waals surface area contributed by atoms with E-state index >= 15 is 0 Å². The highest BCUT2D eigenvalue weighted by Gasteiger charge is 2.28. The predicted octanol–water partition coefficient (Wildman–Crippen LogP) is 4.21. The zero-order valence-corrected chi connectivity index (χ0v) is 11.3. The lowest BCUT2D eigenvalue weighted by atomic mass is 9.99. The maximum atomic E-state index is 13.8. The minimum absolute atomic E-state index is 0.0278. The second kappa shape index (κ2) is 5.34. The Balaban J connectivity index is 2.05. The maximum absolute atomic E-state index is 13.8. The number of hydrogen-bond acceptors (Lipinski definition) is 3. The molecule has 0 fully saturated rings. The first-order valence-electron chi connectivity index (χ1n) is 6.43. The molecule has 0 saturated heterocycles. The van der Waals surface area contributed by atoms with E-state index in [1.54, 1.807) is 0 Å². The maximum Gasteiger partial charge on any atom is 0.247 e. The van der Waals surface area contributed by atoms with Gasteiger partial charge in [-0.3, -0.25) is 0 Å². The Hall–Kier alpha value is -2.72. The van der Waals surface area contributed by atoms with Crippen LogP contribution < -0.4 is 9.47 Å². The van der Waals surface area contributed by atoms with Gasteiger partial charge in [0.25, 0.3) is 0 Å².